The van der Waals surface area contributed by atoms with Crippen molar-refractivity contribution >= 4 is 17.7 Å². The largest absolute Gasteiger partial charge is 0.495 e. The summed E-state index contributed by atoms with van der Waals surface area (Å²) in [6, 6.07) is 18.0. The monoisotopic (exact) mass is 521 g/mol. The first-order chi connectivity index (χ1) is 18.4. The van der Waals surface area contributed by atoms with Gasteiger partial charge in [0.2, 0.25) is 0 Å². The molecule has 1 aliphatic rings. The van der Waals surface area contributed by atoms with Gasteiger partial charge in [-0.05, 0) is 60.4 Å². The minimum Gasteiger partial charge on any atom is -0.495 e. The van der Waals surface area contributed by atoms with Crippen LogP contribution in [0.2, 0.25) is 0 Å². The van der Waals surface area contributed by atoms with Crippen LogP contribution in [0.5, 0.6) is 28.7 Å². The molecule has 200 valence electrons. The predicted molar refractivity (Wildman–Crippen MR) is 141 cm³/mol. The fourth-order valence-corrected chi connectivity index (χ4v) is 4.53. The number of anilines is 1. The average molecular weight is 522 g/mol. The normalized spacial score (nSPS) is 16.4. The van der Waals surface area contributed by atoms with Gasteiger partial charge >= 0.3 is 12.1 Å². The number of cyclic esters (lactones) is 1. The van der Waals surface area contributed by atoms with E-state index in [-0.39, 0.29) is 23.6 Å². The van der Waals surface area contributed by atoms with Gasteiger partial charge in [-0.15, -0.1) is 0 Å². The number of carbonyl (C=O) groups excluding carboxylic acids is 2. The number of amides is 1. The zero-order chi connectivity index (χ0) is 27.1. The second kappa shape index (κ2) is 12.2. The number of esters is 1. The minimum atomic E-state index is -0.685. The molecule has 9 nitrogen and oxygen atoms in total. The standard InChI is InChI=1S/C29H31NO8/c1-33-23-8-6-5-7-22(23)30-29(32)38-25-12-10-19(16-27(25)36-4)14-21-20(17-37-28(21)31)13-18-9-11-24(34-2)26(15-18)35-3/h5-12,15-16,20-21H,13-14,17H2,1-4H3,(H,30,32)/t20-,21+/m0/s1. The van der Waals surface area contributed by atoms with Gasteiger partial charge in [0, 0.05) is 5.92 Å². The van der Waals surface area contributed by atoms with Gasteiger partial charge < -0.3 is 28.4 Å². The van der Waals surface area contributed by atoms with Crippen molar-refractivity contribution in [2.75, 3.05) is 40.4 Å². The smallest absolute Gasteiger partial charge is 0.417 e. The Morgan fingerprint density at radius 3 is 2.08 bits per heavy atom. The Labute approximate surface area is 221 Å². The first kappa shape index (κ1) is 26.7. The third-order valence-electron chi connectivity index (χ3n) is 6.49. The molecule has 3 aromatic rings. The van der Waals surface area contributed by atoms with Crippen LogP contribution >= 0.6 is 0 Å². The van der Waals surface area contributed by atoms with Crippen molar-refractivity contribution in [1.29, 1.82) is 0 Å². The topological polar surface area (TPSA) is 102 Å². The molecule has 2 atom stereocenters. The Morgan fingerprint density at radius 2 is 1.39 bits per heavy atom. The van der Waals surface area contributed by atoms with Crippen molar-refractivity contribution in [3.8, 4) is 28.7 Å². The molecule has 0 aromatic heterocycles. The highest BCUT2D eigenvalue weighted by Crippen LogP contribution is 2.35. The number of nitrogens with one attached hydrogen (secondary N) is 1. The van der Waals surface area contributed by atoms with E-state index >= 15 is 0 Å². The molecule has 0 aliphatic carbocycles. The molecule has 0 radical (unpaired) electrons. The van der Waals surface area contributed by atoms with Gasteiger partial charge in [0.1, 0.15) is 5.75 Å². The molecule has 0 bridgehead atoms. The molecule has 0 saturated carbocycles. The van der Waals surface area contributed by atoms with Gasteiger partial charge in [0.25, 0.3) is 0 Å². The summed E-state index contributed by atoms with van der Waals surface area (Å²) >= 11 is 0. The molecule has 0 unspecified atom stereocenters. The van der Waals surface area contributed by atoms with Crippen LogP contribution in [0.4, 0.5) is 10.5 Å². The summed E-state index contributed by atoms with van der Waals surface area (Å²) in [5, 5.41) is 2.66. The van der Waals surface area contributed by atoms with Crippen LogP contribution in [0.15, 0.2) is 60.7 Å². The van der Waals surface area contributed by atoms with Crippen molar-refractivity contribution in [2.24, 2.45) is 11.8 Å². The maximum absolute atomic E-state index is 12.6. The maximum atomic E-state index is 12.6. The van der Waals surface area contributed by atoms with E-state index in [0.717, 1.165) is 11.1 Å². The second-order valence-electron chi connectivity index (χ2n) is 8.79. The Balaban J connectivity index is 1.44. The number of rotatable bonds is 10. The third-order valence-corrected chi connectivity index (χ3v) is 6.49. The molecule has 1 aliphatic heterocycles. The first-order valence-corrected chi connectivity index (χ1v) is 12.1. The summed E-state index contributed by atoms with van der Waals surface area (Å²) in [6.45, 7) is 0.347. The van der Waals surface area contributed by atoms with E-state index in [2.05, 4.69) is 5.32 Å². The number of benzene rings is 3. The summed E-state index contributed by atoms with van der Waals surface area (Å²) in [4.78, 5) is 25.1. The highest BCUT2D eigenvalue weighted by Gasteiger charge is 2.37. The van der Waals surface area contributed by atoms with E-state index in [0.29, 0.717) is 48.1 Å². The maximum Gasteiger partial charge on any atom is 0.417 e. The number of methoxy groups -OCH3 is 4. The van der Waals surface area contributed by atoms with Gasteiger partial charge in [0.15, 0.2) is 23.0 Å². The highest BCUT2D eigenvalue weighted by atomic mass is 16.6. The predicted octanol–water partition coefficient (Wildman–Crippen LogP) is 4.91. The number of carbonyl (C=O) groups is 2. The molecule has 1 fully saturated rings. The van der Waals surface area contributed by atoms with Crippen molar-refractivity contribution < 1.29 is 38.0 Å². The van der Waals surface area contributed by atoms with Crippen LogP contribution in [-0.4, -0.2) is 47.1 Å². The number of hydrogen-bond acceptors (Lipinski definition) is 8. The molecule has 1 N–H and O–H groups in total. The zero-order valence-electron chi connectivity index (χ0n) is 21.8. The van der Waals surface area contributed by atoms with Crippen molar-refractivity contribution in [2.45, 2.75) is 12.8 Å². The fraction of sp³-hybridized carbons (Fsp3) is 0.310. The first-order valence-electron chi connectivity index (χ1n) is 12.1. The Kier molecular flexibility index (Phi) is 8.58. The van der Waals surface area contributed by atoms with E-state index in [1.54, 1.807) is 50.6 Å². The number of hydrogen-bond donors (Lipinski definition) is 1. The van der Waals surface area contributed by atoms with Crippen LogP contribution in [0.1, 0.15) is 11.1 Å². The van der Waals surface area contributed by atoms with Crippen molar-refractivity contribution in [3.63, 3.8) is 0 Å². The van der Waals surface area contributed by atoms with Crippen LogP contribution in [-0.2, 0) is 22.4 Å². The van der Waals surface area contributed by atoms with E-state index in [9.17, 15) is 9.59 Å². The second-order valence-corrected chi connectivity index (χ2v) is 8.79. The summed E-state index contributed by atoms with van der Waals surface area (Å²) < 4.78 is 32.4. The Bertz CT molecular complexity index is 1290. The zero-order valence-corrected chi connectivity index (χ0v) is 21.8. The summed E-state index contributed by atoms with van der Waals surface area (Å²) in [5.74, 6) is 1.87. The number of para-hydroxylation sites is 2. The highest BCUT2D eigenvalue weighted by molar-refractivity contribution is 5.88. The Morgan fingerprint density at radius 1 is 0.789 bits per heavy atom. The van der Waals surface area contributed by atoms with Crippen molar-refractivity contribution in [1.82, 2.24) is 0 Å². The minimum absolute atomic E-state index is 0.00541. The SMILES string of the molecule is COc1ccccc1NC(=O)Oc1ccc(C[C@H]2C(=O)OC[C@@H]2Cc2ccc(OC)c(OC)c2)cc1OC. The van der Waals surface area contributed by atoms with Gasteiger partial charge in [-0.25, -0.2) is 4.79 Å². The molecule has 1 amide bonds. The lowest BCUT2D eigenvalue weighted by Crippen LogP contribution is -2.21. The van der Waals surface area contributed by atoms with Crippen LogP contribution in [0, 0.1) is 11.8 Å². The lowest BCUT2D eigenvalue weighted by molar-refractivity contribution is -0.141. The van der Waals surface area contributed by atoms with E-state index in [1.165, 1.54) is 14.2 Å². The molecule has 1 heterocycles. The summed E-state index contributed by atoms with van der Waals surface area (Å²) in [7, 11) is 6.20. The van der Waals surface area contributed by atoms with Gasteiger partial charge in [-0.3, -0.25) is 10.1 Å². The average Bonchev–Trinajstić information content (AvgIpc) is 3.27. The Hall–Kier alpha value is -4.40. The number of ether oxygens (including phenoxy) is 6. The van der Waals surface area contributed by atoms with E-state index < -0.39 is 6.09 Å². The van der Waals surface area contributed by atoms with Gasteiger partial charge in [-0.1, -0.05) is 24.3 Å². The third kappa shape index (κ3) is 6.11. The van der Waals surface area contributed by atoms with Crippen molar-refractivity contribution in [3.05, 3.63) is 71.8 Å². The van der Waals surface area contributed by atoms with E-state index in [1.807, 2.05) is 24.3 Å². The summed E-state index contributed by atoms with van der Waals surface area (Å²) in [5.41, 5.74) is 2.37. The van der Waals surface area contributed by atoms with Gasteiger partial charge in [-0.2, -0.15) is 0 Å². The van der Waals surface area contributed by atoms with Gasteiger partial charge in [0.05, 0.1) is 46.7 Å². The lowest BCUT2D eigenvalue weighted by Gasteiger charge is -2.17. The lowest BCUT2D eigenvalue weighted by atomic mass is 9.85. The van der Waals surface area contributed by atoms with Crippen LogP contribution in [0.25, 0.3) is 0 Å². The molecule has 3 aromatic carbocycles. The quantitative estimate of drug-likeness (QED) is 0.376. The van der Waals surface area contributed by atoms with Crippen LogP contribution < -0.4 is 29.0 Å². The molecule has 9 heteroatoms. The fourth-order valence-electron chi connectivity index (χ4n) is 4.53. The molecule has 38 heavy (non-hydrogen) atoms. The summed E-state index contributed by atoms with van der Waals surface area (Å²) in [6.07, 6.45) is 0.425. The molecule has 0 spiro atoms. The van der Waals surface area contributed by atoms with E-state index in [4.69, 9.17) is 28.4 Å². The molecule has 1 saturated heterocycles. The molecule has 4 rings (SSSR count). The molecular formula is C29H31NO8. The van der Waals surface area contributed by atoms with Crippen LogP contribution in [0.3, 0.4) is 0 Å². The molecular weight excluding hydrogens is 490 g/mol.